The number of fused-ring (bicyclic) bond motifs is 1. The van der Waals surface area contributed by atoms with Crippen molar-refractivity contribution in [3.05, 3.63) is 54.1 Å². The van der Waals surface area contributed by atoms with E-state index >= 15 is 0 Å². The molecule has 0 spiro atoms. The van der Waals surface area contributed by atoms with Crippen LogP contribution in [-0.2, 0) is 0 Å². The number of hydrogen-bond acceptors (Lipinski definition) is 4. The van der Waals surface area contributed by atoms with Gasteiger partial charge in [-0.05, 0) is 35.9 Å². The van der Waals surface area contributed by atoms with Gasteiger partial charge in [0.1, 0.15) is 0 Å². The monoisotopic (exact) mass is 276 g/mol. The van der Waals surface area contributed by atoms with Crippen molar-refractivity contribution in [1.82, 2.24) is 0 Å². The van der Waals surface area contributed by atoms with Gasteiger partial charge in [-0.3, -0.25) is 5.43 Å². The highest BCUT2D eigenvalue weighted by Crippen LogP contribution is 2.40. The summed E-state index contributed by atoms with van der Waals surface area (Å²) in [4.78, 5) is 0. The first-order valence-electron chi connectivity index (χ1n) is 5.86. The topological polar surface area (TPSA) is 42.8 Å². The number of halogens is 2. The highest BCUT2D eigenvalue weighted by Gasteiger charge is 2.43. The molecule has 0 radical (unpaired) electrons. The average Bonchev–Trinajstić information content (AvgIpc) is 2.73. The molecule has 0 saturated carbocycles. The molecule has 0 aromatic heterocycles. The van der Waals surface area contributed by atoms with Crippen LogP contribution in [0.1, 0.15) is 5.56 Å². The molecule has 3 rings (SSSR count). The van der Waals surface area contributed by atoms with Crippen LogP contribution >= 0.6 is 0 Å². The quantitative estimate of drug-likeness (QED) is 0.689. The van der Waals surface area contributed by atoms with Gasteiger partial charge in [0.15, 0.2) is 11.5 Å². The predicted octanol–water partition coefficient (Wildman–Crippen LogP) is 3.45. The molecule has 2 aromatic carbocycles. The number of alkyl halides is 2. The summed E-state index contributed by atoms with van der Waals surface area (Å²) in [5.74, 6) is 0.0156. The molecule has 1 aliphatic rings. The molecular formula is C14H10F2N2O2. The van der Waals surface area contributed by atoms with Gasteiger partial charge in [0.25, 0.3) is 0 Å². The molecule has 1 heterocycles. The third kappa shape index (κ3) is 2.69. The fourth-order valence-electron chi connectivity index (χ4n) is 1.74. The van der Waals surface area contributed by atoms with Crippen molar-refractivity contribution in [1.29, 1.82) is 0 Å². The second-order valence-electron chi connectivity index (χ2n) is 4.11. The molecule has 1 N–H and O–H groups in total. The van der Waals surface area contributed by atoms with E-state index in [-0.39, 0.29) is 11.5 Å². The summed E-state index contributed by atoms with van der Waals surface area (Å²) in [5, 5.41) is 4.01. The van der Waals surface area contributed by atoms with Crippen LogP contribution in [0.4, 0.5) is 14.5 Å². The highest BCUT2D eigenvalue weighted by molar-refractivity contribution is 5.81. The first-order chi connectivity index (χ1) is 9.62. The van der Waals surface area contributed by atoms with Gasteiger partial charge in [0.05, 0.1) is 11.9 Å². The van der Waals surface area contributed by atoms with Gasteiger partial charge in [-0.15, -0.1) is 8.78 Å². The Morgan fingerprint density at radius 2 is 1.75 bits per heavy atom. The molecule has 6 heteroatoms. The van der Waals surface area contributed by atoms with E-state index in [4.69, 9.17) is 0 Å². The van der Waals surface area contributed by atoms with E-state index in [0.29, 0.717) is 5.56 Å². The Labute approximate surface area is 113 Å². The number of para-hydroxylation sites is 1. The Bertz CT molecular complexity index is 645. The number of benzene rings is 2. The van der Waals surface area contributed by atoms with E-state index in [1.807, 2.05) is 30.3 Å². The molecule has 0 atom stereocenters. The molecule has 1 aliphatic heterocycles. The van der Waals surface area contributed by atoms with Crippen LogP contribution in [0.15, 0.2) is 53.6 Å². The molecule has 0 unspecified atom stereocenters. The van der Waals surface area contributed by atoms with Gasteiger partial charge in [0.2, 0.25) is 0 Å². The molecule has 0 saturated heterocycles. The van der Waals surface area contributed by atoms with Crippen molar-refractivity contribution in [2.45, 2.75) is 6.29 Å². The van der Waals surface area contributed by atoms with E-state index in [9.17, 15) is 8.78 Å². The van der Waals surface area contributed by atoms with Crippen molar-refractivity contribution < 1.29 is 18.3 Å². The number of anilines is 1. The molecule has 2 aromatic rings. The minimum Gasteiger partial charge on any atom is -0.395 e. The predicted molar refractivity (Wildman–Crippen MR) is 70.3 cm³/mol. The Balaban J connectivity index is 1.71. The van der Waals surface area contributed by atoms with Crippen molar-refractivity contribution in [3.63, 3.8) is 0 Å². The summed E-state index contributed by atoms with van der Waals surface area (Å²) in [6, 6.07) is 13.8. The maximum absolute atomic E-state index is 12.9. The van der Waals surface area contributed by atoms with E-state index in [1.54, 1.807) is 6.07 Å². The number of hydrazone groups is 1. The average molecular weight is 276 g/mol. The van der Waals surface area contributed by atoms with Crippen LogP contribution in [0.25, 0.3) is 0 Å². The smallest absolute Gasteiger partial charge is 0.395 e. The molecule has 0 aliphatic carbocycles. The fourth-order valence-corrected chi connectivity index (χ4v) is 1.74. The standard InChI is InChI=1S/C14H10F2N2O2/c15-14(16)19-12-7-6-10(8-13(12)20-14)9-17-18-11-4-2-1-3-5-11/h1-9,18H. The van der Waals surface area contributed by atoms with E-state index in [2.05, 4.69) is 20.0 Å². The Hall–Kier alpha value is -2.63. The van der Waals surface area contributed by atoms with Crippen molar-refractivity contribution >= 4 is 11.9 Å². The van der Waals surface area contributed by atoms with Crippen LogP contribution < -0.4 is 14.9 Å². The molecule has 0 bridgehead atoms. The third-order valence-corrected chi connectivity index (χ3v) is 2.61. The van der Waals surface area contributed by atoms with Crippen LogP contribution in [0.3, 0.4) is 0 Å². The largest absolute Gasteiger partial charge is 0.586 e. The summed E-state index contributed by atoms with van der Waals surface area (Å²) < 4.78 is 34.4. The van der Waals surface area contributed by atoms with Crippen molar-refractivity contribution in [2.24, 2.45) is 5.10 Å². The van der Waals surface area contributed by atoms with Gasteiger partial charge in [-0.2, -0.15) is 5.10 Å². The lowest BCUT2D eigenvalue weighted by Crippen LogP contribution is -2.25. The number of nitrogens with zero attached hydrogens (tertiary/aromatic N) is 1. The van der Waals surface area contributed by atoms with E-state index in [1.165, 1.54) is 18.3 Å². The van der Waals surface area contributed by atoms with Gasteiger partial charge in [-0.25, -0.2) is 0 Å². The van der Waals surface area contributed by atoms with E-state index < -0.39 is 6.29 Å². The minimum absolute atomic E-state index is 0.00124. The Morgan fingerprint density at radius 3 is 2.55 bits per heavy atom. The second kappa shape index (κ2) is 4.80. The summed E-state index contributed by atoms with van der Waals surface area (Å²) in [6.07, 6.45) is -2.09. The normalized spacial score (nSPS) is 15.5. The van der Waals surface area contributed by atoms with Crippen LogP contribution in [0, 0.1) is 0 Å². The van der Waals surface area contributed by atoms with Gasteiger partial charge in [-0.1, -0.05) is 18.2 Å². The molecule has 102 valence electrons. The zero-order valence-electron chi connectivity index (χ0n) is 10.2. The first-order valence-corrected chi connectivity index (χ1v) is 5.86. The SMILES string of the molecule is FC1(F)Oc2ccc(C=NNc3ccccc3)cc2O1. The third-order valence-electron chi connectivity index (χ3n) is 2.61. The first kappa shape index (κ1) is 12.4. The Morgan fingerprint density at radius 1 is 1.00 bits per heavy atom. The lowest BCUT2D eigenvalue weighted by atomic mass is 10.2. The van der Waals surface area contributed by atoms with Crippen molar-refractivity contribution in [3.8, 4) is 11.5 Å². The second-order valence-corrected chi connectivity index (χ2v) is 4.11. The summed E-state index contributed by atoms with van der Waals surface area (Å²) >= 11 is 0. The van der Waals surface area contributed by atoms with Crippen molar-refractivity contribution in [2.75, 3.05) is 5.43 Å². The molecule has 4 nitrogen and oxygen atoms in total. The van der Waals surface area contributed by atoms with Crippen LogP contribution in [0.5, 0.6) is 11.5 Å². The van der Waals surface area contributed by atoms with Gasteiger partial charge < -0.3 is 9.47 Å². The number of rotatable bonds is 3. The fraction of sp³-hybridized carbons (Fsp3) is 0.0714. The van der Waals surface area contributed by atoms with E-state index in [0.717, 1.165) is 5.69 Å². The highest BCUT2D eigenvalue weighted by atomic mass is 19.3. The summed E-state index contributed by atoms with van der Waals surface area (Å²) in [6.45, 7) is 0. The molecule has 20 heavy (non-hydrogen) atoms. The zero-order valence-corrected chi connectivity index (χ0v) is 10.2. The summed E-state index contributed by atoms with van der Waals surface area (Å²) in [7, 11) is 0. The van der Waals surface area contributed by atoms with Gasteiger partial charge >= 0.3 is 6.29 Å². The molecule has 0 fully saturated rings. The lowest BCUT2D eigenvalue weighted by molar-refractivity contribution is -0.286. The zero-order chi connectivity index (χ0) is 14.0. The Kier molecular flexibility index (Phi) is 2.98. The molecular weight excluding hydrogens is 266 g/mol. The number of ether oxygens (including phenoxy) is 2. The molecule has 0 amide bonds. The van der Waals surface area contributed by atoms with Crippen LogP contribution in [0.2, 0.25) is 0 Å². The number of nitrogens with one attached hydrogen (secondary N) is 1. The van der Waals surface area contributed by atoms with Gasteiger partial charge in [0, 0.05) is 0 Å². The number of hydrogen-bond donors (Lipinski definition) is 1. The lowest BCUT2D eigenvalue weighted by Gasteiger charge is -2.04. The maximum atomic E-state index is 12.9. The minimum atomic E-state index is -3.60. The maximum Gasteiger partial charge on any atom is 0.586 e. The summed E-state index contributed by atoms with van der Waals surface area (Å²) in [5.41, 5.74) is 4.27. The van der Waals surface area contributed by atoms with Crippen LogP contribution in [-0.4, -0.2) is 12.5 Å².